The van der Waals surface area contributed by atoms with Crippen LogP contribution in [0.2, 0.25) is 0 Å². The predicted octanol–water partition coefficient (Wildman–Crippen LogP) is 1.29. The van der Waals surface area contributed by atoms with E-state index in [1.165, 1.54) is 0 Å². The highest BCUT2D eigenvalue weighted by Gasteiger charge is 1.53. The van der Waals surface area contributed by atoms with Crippen LogP contribution in [0.1, 0.15) is 0 Å². The molecule has 0 saturated carbocycles. The highest BCUT2D eigenvalue weighted by molar-refractivity contribution is 8.03. The molecule has 1 nitrogen and oxygen atoms in total. The normalized spacial score (nSPS) is 8.00. The Hall–Kier alpha value is 0.350. The largest absolute Gasteiger partial charge is 0.302 e. The van der Waals surface area contributed by atoms with Crippen molar-refractivity contribution in [3.63, 3.8) is 0 Å². The molecule has 0 aliphatic carbocycles. The second-order valence-electron chi connectivity index (χ2n) is 0.241. The van der Waals surface area contributed by atoms with Crippen molar-refractivity contribution in [3.8, 4) is 0 Å². The van der Waals surface area contributed by atoms with Gasteiger partial charge in [-0.25, -0.2) is 6.57 Å². The van der Waals surface area contributed by atoms with E-state index in [0.29, 0.717) is 8.42 Å². The van der Waals surface area contributed by atoms with Gasteiger partial charge in [0.05, 0.1) is 0 Å². The zero-order chi connectivity index (χ0) is 3.41. The summed E-state index contributed by atoms with van der Waals surface area (Å²) < 4.78 is 2.98. The summed E-state index contributed by atoms with van der Waals surface area (Å²) >= 11 is 0. The quantitative estimate of drug-likeness (QED) is 0.312. The van der Waals surface area contributed by atoms with Gasteiger partial charge in [-0.2, -0.15) is 0 Å². The number of rotatable bonds is 0. The molecule has 0 aromatic heterocycles. The molecule has 0 rings (SSSR count). The summed E-state index contributed by atoms with van der Waals surface area (Å²) in [4.78, 5) is 0. The summed E-state index contributed by atoms with van der Waals surface area (Å²) in [5.74, 6) is 0. The molecule has 3 heteroatoms. The average Bonchev–Trinajstić information content (AvgIpc) is 1.37. The summed E-state index contributed by atoms with van der Waals surface area (Å²) in [5, 5.41) is 0. The maximum absolute atomic E-state index is 6.07. The number of hydrogen-bond donors (Lipinski definition) is 0. The molecule has 0 N–H and O–H groups in total. The van der Waals surface area contributed by atoms with Crippen molar-refractivity contribution in [2.75, 3.05) is 0 Å². The zero-order valence-electron chi connectivity index (χ0n) is 2.02. The monoisotopic (exact) mass is 91.0 g/mol. The molecule has 0 spiro atoms. The molecule has 0 heterocycles. The molecule has 2 unspecified atom stereocenters. The fourth-order valence-electron chi connectivity index (χ4n) is 0. The molecule has 0 aromatic rings. The summed E-state index contributed by atoms with van der Waals surface area (Å²) in [6.07, 6.45) is 0. The van der Waals surface area contributed by atoms with Crippen LogP contribution in [0.4, 0.5) is 0 Å². The smallest absolute Gasteiger partial charge is 0.272 e. The van der Waals surface area contributed by atoms with E-state index in [1.54, 1.807) is 0 Å². The second-order valence-corrected chi connectivity index (χ2v) is 1.50. The van der Waals surface area contributed by atoms with E-state index in [1.807, 2.05) is 0 Å². The van der Waals surface area contributed by atoms with E-state index in [0.717, 1.165) is 0 Å². The fraction of sp³-hybridized carbons (Fsp3) is 0. The lowest BCUT2D eigenvalue weighted by Crippen LogP contribution is -0.895. The van der Waals surface area contributed by atoms with Crippen molar-refractivity contribution >= 4 is 17.3 Å². The molecule has 0 bridgehead atoms. The van der Waals surface area contributed by atoms with Gasteiger partial charge < -0.3 is 4.62 Å². The van der Waals surface area contributed by atoms with Crippen LogP contribution in [0.3, 0.4) is 0 Å². The Morgan fingerprint density at radius 2 is 2.25 bits per heavy atom. The fourth-order valence-corrected chi connectivity index (χ4v) is 0. The van der Waals surface area contributed by atoms with Crippen molar-refractivity contribution in [3.05, 3.63) is 11.2 Å². The molecule has 2 atom stereocenters. The zero-order valence-corrected chi connectivity index (χ0v) is 4.18. The number of nitrogens with zero attached hydrogens (tertiary/aromatic N) is 1. The minimum absolute atomic E-state index is 0.349. The van der Waals surface area contributed by atoms with Crippen LogP contribution in [0.5, 0.6) is 0 Å². The average molecular weight is 91.0 g/mol. The van der Waals surface area contributed by atoms with Gasteiger partial charge in [-0.3, -0.25) is 0 Å². The first-order valence-corrected chi connectivity index (χ1v) is 3.49. The molecular weight excluding hydrogens is 88.0 g/mol. The van der Waals surface area contributed by atoms with E-state index in [-0.39, 0.29) is 0 Å². The van der Waals surface area contributed by atoms with Crippen molar-refractivity contribution in [2.45, 2.75) is 0 Å². The lowest BCUT2D eigenvalue weighted by molar-refractivity contribution is 2.60. The number of hydrogen-bond acceptors (Lipinski definition) is 0. The van der Waals surface area contributed by atoms with Crippen LogP contribution in [-0.2, 0) is 0 Å². The van der Waals surface area contributed by atoms with Gasteiger partial charge in [-0.05, 0) is 8.93 Å². The molecule has 0 amide bonds. The van der Waals surface area contributed by atoms with Crippen LogP contribution >= 0.6 is 17.3 Å². The lowest BCUT2D eigenvalue weighted by Gasteiger charge is -1.49. The Bertz CT molecular complexity index is 35.8. The second kappa shape index (κ2) is 3.35. The molecule has 0 aliphatic heterocycles. The highest BCUT2D eigenvalue weighted by Crippen LogP contribution is 2.19. The van der Waals surface area contributed by atoms with Crippen LogP contribution < -0.4 is 0 Å². The standard InChI is InChI=1S/CH3NP2/c1-2-4-3/h4H,3H2. The van der Waals surface area contributed by atoms with Crippen LogP contribution in [0, 0.1) is 6.57 Å². The van der Waals surface area contributed by atoms with Gasteiger partial charge in [-0.1, -0.05) is 0 Å². The predicted molar refractivity (Wildman–Crippen MR) is 24.6 cm³/mol. The van der Waals surface area contributed by atoms with Gasteiger partial charge >= 0.3 is 0 Å². The Labute approximate surface area is 29.5 Å². The first-order chi connectivity index (χ1) is 1.91. The van der Waals surface area contributed by atoms with E-state index in [2.05, 4.69) is 13.5 Å². The topological polar surface area (TPSA) is 4.36 Å². The third-order valence-electron chi connectivity index (χ3n) is 0.0645. The molecule has 0 saturated heterocycles. The van der Waals surface area contributed by atoms with Gasteiger partial charge in [0.15, 0.2) is 0 Å². The first kappa shape index (κ1) is 4.35. The van der Waals surface area contributed by atoms with Gasteiger partial charge in [0.2, 0.25) is 0 Å². The van der Waals surface area contributed by atoms with Crippen LogP contribution in [-0.4, -0.2) is 0 Å². The minimum atomic E-state index is 0.349. The van der Waals surface area contributed by atoms with Gasteiger partial charge in [-0.15, -0.1) is 0 Å². The Morgan fingerprint density at radius 1 is 2.00 bits per heavy atom. The van der Waals surface area contributed by atoms with Crippen molar-refractivity contribution < 1.29 is 0 Å². The Balaban J connectivity index is 2.43. The molecule has 0 aromatic carbocycles. The summed E-state index contributed by atoms with van der Waals surface area (Å²) in [6.45, 7) is 6.07. The van der Waals surface area contributed by atoms with E-state index in [9.17, 15) is 0 Å². The van der Waals surface area contributed by atoms with E-state index in [4.69, 9.17) is 6.57 Å². The van der Waals surface area contributed by atoms with Crippen molar-refractivity contribution in [1.82, 2.24) is 0 Å². The summed E-state index contributed by atoms with van der Waals surface area (Å²) in [6, 6.07) is 0. The summed E-state index contributed by atoms with van der Waals surface area (Å²) in [5.41, 5.74) is 0. The molecule has 0 fully saturated rings. The van der Waals surface area contributed by atoms with Crippen molar-refractivity contribution in [2.24, 2.45) is 0 Å². The van der Waals surface area contributed by atoms with Crippen molar-refractivity contribution in [1.29, 1.82) is 0 Å². The SMILES string of the molecule is [C-]#[N+]PP. The lowest BCUT2D eigenvalue weighted by atomic mass is 11.9. The maximum atomic E-state index is 6.07. The van der Waals surface area contributed by atoms with Gasteiger partial charge in [0.1, 0.15) is 0 Å². The molecule has 4 heavy (non-hydrogen) atoms. The first-order valence-electron chi connectivity index (χ1n) is 0.736. The maximum Gasteiger partial charge on any atom is 0.272 e. The van der Waals surface area contributed by atoms with Crippen LogP contribution in [0.25, 0.3) is 4.62 Å². The third-order valence-corrected chi connectivity index (χ3v) is 0.581. The Kier molecular flexibility index (Phi) is 3.64. The van der Waals surface area contributed by atoms with Gasteiger partial charge in [0.25, 0.3) is 8.42 Å². The Morgan fingerprint density at radius 3 is 2.25 bits per heavy atom. The van der Waals surface area contributed by atoms with Crippen LogP contribution in [0.15, 0.2) is 0 Å². The van der Waals surface area contributed by atoms with E-state index >= 15 is 0 Å². The minimum Gasteiger partial charge on any atom is -0.302 e. The summed E-state index contributed by atoms with van der Waals surface area (Å²) in [7, 11) is 2.68. The molecule has 22 valence electrons. The molecular formula is CH3NP2. The van der Waals surface area contributed by atoms with E-state index < -0.39 is 0 Å². The van der Waals surface area contributed by atoms with Gasteiger partial charge in [0, 0.05) is 0 Å². The highest BCUT2D eigenvalue weighted by atomic mass is 32.0. The third kappa shape index (κ3) is 2.35. The molecule has 0 radical (unpaired) electrons. The molecule has 0 aliphatic rings.